The fourth-order valence-electron chi connectivity index (χ4n) is 1.85. The van der Waals surface area contributed by atoms with Gasteiger partial charge in [-0.2, -0.15) is 0 Å². The highest BCUT2D eigenvalue weighted by Crippen LogP contribution is 2.36. The molecule has 1 saturated heterocycles. The summed E-state index contributed by atoms with van der Waals surface area (Å²) in [6.45, 7) is 2.06. The van der Waals surface area contributed by atoms with E-state index in [-0.39, 0.29) is 27.6 Å². The Morgan fingerprint density at radius 2 is 2.00 bits per heavy atom. The third-order valence-corrected chi connectivity index (χ3v) is 6.45. The second-order valence-electron chi connectivity index (χ2n) is 4.31. The maximum absolute atomic E-state index is 11.3. The van der Waals surface area contributed by atoms with Crippen LogP contribution in [0.25, 0.3) is 0 Å². The van der Waals surface area contributed by atoms with Gasteiger partial charge in [0.05, 0.1) is 27.6 Å². The molecule has 1 saturated carbocycles. The molecular formula is C9H15IO3S. The molecule has 0 aromatic carbocycles. The first-order chi connectivity index (χ1) is 6.48. The zero-order valence-corrected chi connectivity index (χ0v) is 11.1. The summed E-state index contributed by atoms with van der Waals surface area (Å²) in [7, 11) is -2.83. The molecule has 2 fully saturated rings. The Balaban J connectivity index is 1.91. The van der Waals surface area contributed by atoms with E-state index in [1.54, 1.807) is 0 Å². The van der Waals surface area contributed by atoms with E-state index < -0.39 is 9.84 Å². The second-order valence-corrected chi connectivity index (χ2v) is 8.06. The van der Waals surface area contributed by atoms with E-state index in [1.807, 2.05) is 0 Å². The first-order valence-electron chi connectivity index (χ1n) is 4.98. The average molecular weight is 330 g/mol. The molecule has 0 amide bonds. The molecule has 5 heteroatoms. The highest BCUT2D eigenvalue weighted by molar-refractivity contribution is 14.1. The summed E-state index contributed by atoms with van der Waals surface area (Å²) in [4.78, 5) is 0. The van der Waals surface area contributed by atoms with E-state index in [0.29, 0.717) is 5.92 Å². The Labute approximate surface area is 98.6 Å². The maximum atomic E-state index is 11.3. The fourth-order valence-corrected chi connectivity index (χ4v) is 5.91. The molecule has 3 unspecified atom stereocenters. The van der Waals surface area contributed by atoms with Gasteiger partial charge in [-0.15, -0.1) is 0 Å². The van der Waals surface area contributed by atoms with Gasteiger partial charge in [0.15, 0.2) is 9.84 Å². The van der Waals surface area contributed by atoms with E-state index in [4.69, 9.17) is 4.74 Å². The van der Waals surface area contributed by atoms with Crippen LogP contribution in [0.4, 0.5) is 0 Å². The molecule has 0 aromatic heterocycles. The molecule has 2 aliphatic rings. The van der Waals surface area contributed by atoms with Crippen LogP contribution in [0.2, 0.25) is 0 Å². The minimum Gasteiger partial charge on any atom is -0.373 e. The second kappa shape index (κ2) is 3.90. The molecule has 1 aliphatic heterocycles. The van der Waals surface area contributed by atoms with Crippen molar-refractivity contribution < 1.29 is 13.2 Å². The van der Waals surface area contributed by atoms with Crippen LogP contribution in [-0.2, 0) is 14.6 Å². The third-order valence-electron chi connectivity index (χ3n) is 2.91. The number of halogens is 1. The smallest absolute Gasteiger partial charge is 0.154 e. The summed E-state index contributed by atoms with van der Waals surface area (Å²) >= 11 is 2.19. The number of rotatable bonds is 3. The summed E-state index contributed by atoms with van der Waals surface area (Å²) in [6, 6.07) is 0. The van der Waals surface area contributed by atoms with Gasteiger partial charge in [-0.1, -0.05) is 22.6 Å². The van der Waals surface area contributed by atoms with Gasteiger partial charge in [-0.05, 0) is 25.7 Å². The van der Waals surface area contributed by atoms with Gasteiger partial charge in [-0.3, -0.25) is 0 Å². The molecule has 0 aromatic rings. The first kappa shape index (κ1) is 11.1. The highest BCUT2D eigenvalue weighted by atomic mass is 127. The predicted molar refractivity (Wildman–Crippen MR) is 63.5 cm³/mol. The van der Waals surface area contributed by atoms with Gasteiger partial charge in [0.25, 0.3) is 0 Å². The topological polar surface area (TPSA) is 43.4 Å². The summed E-state index contributed by atoms with van der Waals surface area (Å²) in [5.41, 5.74) is 0. The van der Waals surface area contributed by atoms with Crippen molar-refractivity contribution in [3.05, 3.63) is 0 Å². The van der Waals surface area contributed by atoms with Crippen LogP contribution in [0.15, 0.2) is 0 Å². The van der Waals surface area contributed by atoms with Crippen molar-refractivity contribution in [2.24, 2.45) is 5.92 Å². The van der Waals surface area contributed by atoms with Crippen molar-refractivity contribution in [2.75, 3.05) is 11.5 Å². The highest BCUT2D eigenvalue weighted by Gasteiger charge is 2.39. The molecule has 3 atom stereocenters. The van der Waals surface area contributed by atoms with Crippen molar-refractivity contribution in [3.63, 3.8) is 0 Å². The van der Waals surface area contributed by atoms with Gasteiger partial charge >= 0.3 is 0 Å². The van der Waals surface area contributed by atoms with E-state index in [2.05, 4.69) is 29.5 Å². The van der Waals surface area contributed by atoms with Crippen LogP contribution in [-0.4, -0.2) is 36.1 Å². The van der Waals surface area contributed by atoms with Crippen LogP contribution in [0.5, 0.6) is 0 Å². The van der Waals surface area contributed by atoms with E-state index in [9.17, 15) is 8.42 Å². The van der Waals surface area contributed by atoms with E-state index in [1.165, 1.54) is 12.8 Å². The molecule has 0 N–H and O–H groups in total. The molecule has 0 spiro atoms. The minimum atomic E-state index is -2.83. The third kappa shape index (κ3) is 2.61. The Hall–Kier alpha value is 0.640. The number of ether oxygens (including phenoxy) is 1. The lowest BCUT2D eigenvalue weighted by Gasteiger charge is -2.19. The van der Waals surface area contributed by atoms with Crippen LogP contribution in [0.1, 0.15) is 19.8 Å². The molecular weight excluding hydrogens is 315 g/mol. The molecule has 82 valence electrons. The predicted octanol–water partition coefficient (Wildman–Crippen LogP) is 1.40. The summed E-state index contributed by atoms with van der Waals surface area (Å²) in [5.74, 6) is 1.19. The Kier molecular flexibility index (Phi) is 3.10. The lowest BCUT2D eigenvalue weighted by atomic mass is 10.2. The van der Waals surface area contributed by atoms with Crippen molar-refractivity contribution in [3.8, 4) is 0 Å². The van der Waals surface area contributed by atoms with E-state index in [0.717, 1.165) is 0 Å². The number of sulfone groups is 1. The van der Waals surface area contributed by atoms with Gasteiger partial charge in [0.2, 0.25) is 0 Å². The number of hydrogen-bond acceptors (Lipinski definition) is 3. The van der Waals surface area contributed by atoms with Gasteiger partial charge in [0.1, 0.15) is 0 Å². The van der Waals surface area contributed by atoms with Crippen molar-refractivity contribution in [1.29, 1.82) is 0 Å². The molecule has 1 aliphatic carbocycles. The molecule has 2 rings (SSSR count). The summed E-state index contributed by atoms with van der Waals surface area (Å²) in [5, 5.41) is 0. The molecule has 0 radical (unpaired) electrons. The van der Waals surface area contributed by atoms with Crippen LogP contribution in [0.3, 0.4) is 0 Å². The zero-order valence-electron chi connectivity index (χ0n) is 8.15. The lowest BCUT2D eigenvalue weighted by Crippen LogP contribution is -2.28. The normalized spacial score (nSPS) is 38.4. The Morgan fingerprint density at radius 1 is 1.36 bits per heavy atom. The van der Waals surface area contributed by atoms with E-state index >= 15 is 0 Å². The molecule has 14 heavy (non-hydrogen) atoms. The van der Waals surface area contributed by atoms with Crippen molar-refractivity contribution in [2.45, 2.75) is 35.9 Å². The Bertz CT molecular complexity index is 310. The Morgan fingerprint density at radius 3 is 2.43 bits per heavy atom. The molecule has 1 heterocycles. The quantitative estimate of drug-likeness (QED) is 0.580. The van der Waals surface area contributed by atoms with Gasteiger partial charge < -0.3 is 4.74 Å². The standard InChI is InChI=1S/C9H15IO3S/c1-6(7-2-3-7)13-9-5-14(11,12)4-8(9)10/h6-9H,2-5H2,1H3. The van der Waals surface area contributed by atoms with Crippen LogP contribution < -0.4 is 0 Å². The maximum Gasteiger partial charge on any atom is 0.154 e. The number of hydrogen-bond donors (Lipinski definition) is 0. The summed E-state index contributed by atoms with van der Waals surface area (Å²) < 4.78 is 28.6. The number of alkyl halides is 1. The zero-order chi connectivity index (χ0) is 10.3. The SMILES string of the molecule is CC(OC1CS(=O)(=O)CC1I)C1CC1. The largest absolute Gasteiger partial charge is 0.373 e. The summed E-state index contributed by atoms with van der Waals surface area (Å²) in [6.07, 6.45) is 2.65. The molecule has 3 nitrogen and oxygen atoms in total. The van der Waals surface area contributed by atoms with Gasteiger partial charge in [0, 0.05) is 0 Å². The van der Waals surface area contributed by atoms with Gasteiger partial charge in [-0.25, -0.2) is 8.42 Å². The average Bonchev–Trinajstić information content (AvgIpc) is 2.79. The fraction of sp³-hybridized carbons (Fsp3) is 1.00. The van der Waals surface area contributed by atoms with Crippen molar-refractivity contribution in [1.82, 2.24) is 0 Å². The van der Waals surface area contributed by atoms with Crippen LogP contribution in [0, 0.1) is 5.92 Å². The van der Waals surface area contributed by atoms with Crippen molar-refractivity contribution >= 4 is 32.4 Å². The first-order valence-corrected chi connectivity index (χ1v) is 8.04. The lowest BCUT2D eigenvalue weighted by molar-refractivity contribution is 0.00542. The molecule has 0 bridgehead atoms. The minimum absolute atomic E-state index is 0.0730. The van der Waals surface area contributed by atoms with Crippen LogP contribution >= 0.6 is 22.6 Å². The monoisotopic (exact) mass is 330 g/mol.